The Bertz CT molecular complexity index is 465. The molecule has 0 saturated heterocycles. The van der Waals surface area contributed by atoms with Crippen molar-refractivity contribution in [2.75, 3.05) is 13.7 Å². The molecule has 5 nitrogen and oxygen atoms in total. The highest BCUT2D eigenvalue weighted by Gasteiger charge is 2.19. The zero-order valence-corrected chi connectivity index (χ0v) is 12.7. The molecule has 0 amide bonds. The van der Waals surface area contributed by atoms with Gasteiger partial charge in [-0.1, -0.05) is 18.5 Å². The maximum Gasteiger partial charge on any atom is 0.344 e. The first-order valence-corrected chi connectivity index (χ1v) is 6.84. The second-order valence-electron chi connectivity index (χ2n) is 4.37. The largest absolute Gasteiger partial charge is 0.493 e. The molecule has 0 spiro atoms. The van der Waals surface area contributed by atoms with Crippen molar-refractivity contribution in [2.45, 2.75) is 32.9 Å². The summed E-state index contributed by atoms with van der Waals surface area (Å²) in [6.45, 7) is 4.92. The lowest BCUT2D eigenvalue weighted by Gasteiger charge is -2.18. The number of carboxylic acid groups (broad SMARTS) is 1. The highest BCUT2D eigenvalue weighted by atomic mass is 35.5. The molecule has 6 heteroatoms. The second-order valence-corrected chi connectivity index (χ2v) is 4.81. The second kappa shape index (κ2) is 7.97. The van der Waals surface area contributed by atoms with Crippen LogP contribution in [-0.2, 0) is 11.3 Å². The van der Waals surface area contributed by atoms with Gasteiger partial charge in [0.1, 0.15) is 0 Å². The van der Waals surface area contributed by atoms with E-state index in [0.717, 1.165) is 18.5 Å². The van der Waals surface area contributed by atoms with E-state index in [1.54, 1.807) is 12.1 Å². The Kier molecular flexibility index (Phi) is 6.61. The van der Waals surface area contributed by atoms with Crippen molar-refractivity contribution in [1.82, 2.24) is 5.32 Å². The predicted molar refractivity (Wildman–Crippen MR) is 77.7 cm³/mol. The SMILES string of the molecule is CCCNCc1cc(Cl)cc(OC)c1OC(C)C(=O)O. The average molecular weight is 302 g/mol. The van der Waals surface area contributed by atoms with Gasteiger partial charge in [0.2, 0.25) is 0 Å². The smallest absolute Gasteiger partial charge is 0.344 e. The summed E-state index contributed by atoms with van der Waals surface area (Å²) in [6.07, 6.45) is 0.0365. The highest BCUT2D eigenvalue weighted by molar-refractivity contribution is 6.30. The van der Waals surface area contributed by atoms with Crippen LogP contribution in [0.1, 0.15) is 25.8 Å². The minimum atomic E-state index is -1.03. The van der Waals surface area contributed by atoms with Crippen LogP contribution in [0.25, 0.3) is 0 Å². The molecular weight excluding hydrogens is 282 g/mol. The van der Waals surface area contributed by atoms with Gasteiger partial charge in [0.15, 0.2) is 17.6 Å². The van der Waals surface area contributed by atoms with Crippen molar-refractivity contribution >= 4 is 17.6 Å². The maximum absolute atomic E-state index is 10.9. The van der Waals surface area contributed by atoms with Gasteiger partial charge in [-0.25, -0.2) is 4.79 Å². The van der Waals surface area contributed by atoms with E-state index < -0.39 is 12.1 Å². The lowest BCUT2D eigenvalue weighted by molar-refractivity contribution is -0.144. The van der Waals surface area contributed by atoms with Gasteiger partial charge >= 0.3 is 5.97 Å². The van der Waals surface area contributed by atoms with Crippen molar-refractivity contribution < 1.29 is 19.4 Å². The molecule has 0 heterocycles. The zero-order valence-electron chi connectivity index (χ0n) is 11.9. The molecule has 0 radical (unpaired) electrons. The van der Waals surface area contributed by atoms with Crippen molar-refractivity contribution in [3.63, 3.8) is 0 Å². The molecule has 1 aromatic rings. The molecule has 0 aliphatic rings. The van der Waals surface area contributed by atoms with E-state index in [-0.39, 0.29) is 0 Å². The van der Waals surface area contributed by atoms with Gasteiger partial charge in [0.25, 0.3) is 0 Å². The average Bonchev–Trinajstić information content (AvgIpc) is 2.41. The Balaban J connectivity index is 3.05. The van der Waals surface area contributed by atoms with E-state index in [4.69, 9.17) is 26.2 Å². The van der Waals surface area contributed by atoms with Gasteiger partial charge in [-0.05, 0) is 26.0 Å². The summed E-state index contributed by atoms with van der Waals surface area (Å²) in [5.41, 5.74) is 0.774. The summed E-state index contributed by atoms with van der Waals surface area (Å²) in [6, 6.07) is 3.35. The third-order valence-electron chi connectivity index (χ3n) is 2.70. The number of hydrogen-bond donors (Lipinski definition) is 2. The molecule has 0 aliphatic heterocycles. The van der Waals surface area contributed by atoms with Crippen LogP contribution in [0, 0.1) is 0 Å². The third kappa shape index (κ3) is 4.58. The Hall–Kier alpha value is -1.46. The number of carbonyl (C=O) groups is 1. The molecule has 1 rings (SSSR count). The lowest BCUT2D eigenvalue weighted by atomic mass is 10.1. The molecule has 1 unspecified atom stereocenters. The maximum atomic E-state index is 10.9. The fraction of sp³-hybridized carbons (Fsp3) is 0.500. The summed E-state index contributed by atoms with van der Waals surface area (Å²) in [5, 5.41) is 12.7. The molecule has 0 saturated carbocycles. The predicted octanol–water partition coefficient (Wildman–Crippen LogP) is 2.70. The fourth-order valence-corrected chi connectivity index (χ4v) is 1.90. The van der Waals surface area contributed by atoms with Gasteiger partial charge in [0.05, 0.1) is 7.11 Å². The summed E-state index contributed by atoms with van der Waals surface area (Å²) in [4.78, 5) is 10.9. The van der Waals surface area contributed by atoms with E-state index in [1.165, 1.54) is 14.0 Å². The quantitative estimate of drug-likeness (QED) is 0.723. The van der Waals surface area contributed by atoms with Gasteiger partial charge < -0.3 is 19.9 Å². The van der Waals surface area contributed by atoms with Gasteiger partial charge in [-0.3, -0.25) is 0 Å². The monoisotopic (exact) mass is 301 g/mol. The first-order chi connectivity index (χ1) is 9.49. The topological polar surface area (TPSA) is 67.8 Å². The van der Waals surface area contributed by atoms with E-state index in [1.807, 2.05) is 0 Å². The van der Waals surface area contributed by atoms with E-state index in [9.17, 15) is 4.79 Å². The van der Waals surface area contributed by atoms with Crippen LogP contribution < -0.4 is 14.8 Å². The van der Waals surface area contributed by atoms with Gasteiger partial charge in [-0.2, -0.15) is 0 Å². The van der Waals surface area contributed by atoms with E-state index in [0.29, 0.717) is 23.1 Å². The first-order valence-electron chi connectivity index (χ1n) is 6.46. The molecule has 0 aliphatic carbocycles. The normalized spacial score (nSPS) is 12.0. The Morgan fingerprint density at radius 1 is 1.50 bits per heavy atom. The van der Waals surface area contributed by atoms with Crippen LogP contribution in [0.4, 0.5) is 0 Å². The van der Waals surface area contributed by atoms with Crippen LogP contribution in [0.2, 0.25) is 5.02 Å². The van der Waals surface area contributed by atoms with Crippen LogP contribution in [-0.4, -0.2) is 30.8 Å². The molecule has 112 valence electrons. The highest BCUT2D eigenvalue weighted by Crippen LogP contribution is 2.35. The van der Waals surface area contributed by atoms with Crippen molar-refractivity contribution in [2.24, 2.45) is 0 Å². The summed E-state index contributed by atoms with van der Waals surface area (Å²) >= 11 is 6.03. The van der Waals surface area contributed by atoms with Crippen molar-refractivity contribution in [1.29, 1.82) is 0 Å². The number of aliphatic carboxylic acids is 1. The number of halogens is 1. The van der Waals surface area contributed by atoms with Crippen LogP contribution in [0.5, 0.6) is 11.5 Å². The standard InChI is InChI=1S/C14H20ClNO4/c1-4-5-16-8-10-6-11(15)7-12(19-3)13(10)20-9(2)14(17)18/h6-7,9,16H,4-5,8H2,1-3H3,(H,17,18). The van der Waals surface area contributed by atoms with Crippen LogP contribution >= 0.6 is 11.6 Å². The molecule has 2 N–H and O–H groups in total. The Morgan fingerprint density at radius 2 is 2.20 bits per heavy atom. The van der Waals surface area contributed by atoms with Gasteiger partial charge in [-0.15, -0.1) is 0 Å². The Morgan fingerprint density at radius 3 is 2.75 bits per heavy atom. The minimum Gasteiger partial charge on any atom is -0.493 e. The third-order valence-corrected chi connectivity index (χ3v) is 2.92. The number of hydrogen-bond acceptors (Lipinski definition) is 4. The number of carboxylic acids is 1. The molecule has 0 bridgehead atoms. The van der Waals surface area contributed by atoms with Crippen LogP contribution in [0.15, 0.2) is 12.1 Å². The first kappa shape index (κ1) is 16.6. The zero-order chi connectivity index (χ0) is 15.1. The number of nitrogens with one attached hydrogen (secondary N) is 1. The fourth-order valence-electron chi connectivity index (χ4n) is 1.67. The Labute approximate surface area is 123 Å². The lowest BCUT2D eigenvalue weighted by Crippen LogP contribution is -2.24. The molecule has 20 heavy (non-hydrogen) atoms. The molecule has 1 aromatic carbocycles. The van der Waals surface area contributed by atoms with E-state index in [2.05, 4.69) is 12.2 Å². The number of benzene rings is 1. The molecule has 0 aromatic heterocycles. The van der Waals surface area contributed by atoms with Crippen LogP contribution in [0.3, 0.4) is 0 Å². The summed E-state index contributed by atoms with van der Waals surface area (Å²) in [5.74, 6) is -0.191. The van der Waals surface area contributed by atoms with Gasteiger partial charge in [0, 0.05) is 23.2 Å². The minimum absolute atomic E-state index is 0.412. The number of methoxy groups -OCH3 is 1. The summed E-state index contributed by atoms with van der Waals surface area (Å²) in [7, 11) is 1.49. The molecule has 1 atom stereocenters. The summed E-state index contributed by atoms with van der Waals surface area (Å²) < 4.78 is 10.7. The van der Waals surface area contributed by atoms with E-state index >= 15 is 0 Å². The number of rotatable bonds is 8. The number of ether oxygens (including phenoxy) is 2. The molecule has 0 fully saturated rings. The van der Waals surface area contributed by atoms with Crippen molar-refractivity contribution in [3.8, 4) is 11.5 Å². The molecular formula is C14H20ClNO4. The van der Waals surface area contributed by atoms with Crippen molar-refractivity contribution in [3.05, 3.63) is 22.7 Å².